The van der Waals surface area contributed by atoms with Crippen LogP contribution in [0.5, 0.6) is 0 Å². The van der Waals surface area contributed by atoms with Gasteiger partial charge in [-0.1, -0.05) is 35.0 Å². The molecule has 0 aliphatic rings. The van der Waals surface area contributed by atoms with Gasteiger partial charge in [0.25, 0.3) is 0 Å². The van der Waals surface area contributed by atoms with E-state index in [1.807, 2.05) is 0 Å². The highest BCUT2D eigenvalue weighted by atomic mass is 35.5. The van der Waals surface area contributed by atoms with Crippen molar-refractivity contribution < 1.29 is 22.8 Å². The minimum atomic E-state index is -1.32. The third kappa shape index (κ3) is 2.71. The number of nitrogens with zero attached hydrogens (tertiary/aromatic N) is 1. The van der Waals surface area contributed by atoms with Crippen LogP contribution in [0, 0.1) is 17.5 Å². The zero-order chi connectivity index (χ0) is 16.6. The van der Waals surface area contributed by atoms with Crippen molar-refractivity contribution in [1.82, 2.24) is 5.16 Å². The molecular formula is C16H9ClF3NO2. The second-order valence-electron chi connectivity index (χ2n) is 4.72. The average Bonchev–Trinajstić information content (AvgIpc) is 2.94. The maximum absolute atomic E-state index is 13.9. The number of hydrogen-bond donors (Lipinski definition) is 1. The third-order valence-corrected chi connectivity index (χ3v) is 3.66. The Hall–Kier alpha value is -2.31. The fraction of sp³-hybridized carbons (Fsp3) is 0.0625. The lowest BCUT2D eigenvalue weighted by molar-refractivity contribution is 0.281. The molecule has 7 heteroatoms. The van der Waals surface area contributed by atoms with Crippen molar-refractivity contribution in [3.63, 3.8) is 0 Å². The molecular weight excluding hydrogens is 331 g/mol. The van der Waals surface area contributed by atoms with E-state index in [2.05, 4.69) is 5.16 Å². The fourth-order valence-electron chi connectivity index (χ4n) is 2.23. The van der Waals surface area contributed by atoms with E-state index in [0.29, 0.717) is 22.7 Å². The number of aromatic nitrogens is 1. The van der Waals surface area contributed by atoms with Crippen molar-refractivity contribution in [1.29, 1.82) is 0 Å². The first-order chi connectivity index (χ1) is 11.0. The van der Waals surface area contributed by atoms with Gasteiger partial charge in [-0.05, 0) is 12.1 Å². The molecule has 0 atom stereocenters. The van der Waals surface area contributed by atoms with Crippen LogP contribution in [0.1, 0.15) is 5.56 Å². The van der Waals surface area contributed by atoms with E-state index >= 15 is 0 Å². The van der Waals surface area contributed by atoms with Crippen LogP contribution in [0.2, 0.25) is 5.02 Å². The molecule has 0 saturated carbocycles. The zero-order valence-electron chi connectivity index (χ0n) is 11.5. The van der Waals surface area contributed by atoms with Crippen LogP contribution in [-0.4, -0.2) is 10.3 Å². The van der Waals surface area contributed by atoms with Crippen molar-refractivity contribution in [3.8, 4) is 22.6 Å². The van der Waals surface area contributed by atoms with E-state index in [0.717, 1.165) is 0 Å². The molecule has 0 aliphatic carbocycles. The van der Waals surface area contributed by atoms with Crippen molar-refractivity contribution in [2.45, 2.75) is 6.61 Å². The van der Waals surface area contributed by atoms with Gasteiger partial charge in [0.05, 0.1) is 22.8 Å². The Morgan fingerprint density at radius 3 is 2.39 bits per heavy atom. The van der Waals surface area contributed by atoms with Gasteiger partial charge in [-0.15, -0.1) is 0 Å². The van der Waals surface area contributed by atoms with E-state index in [1.54, 1.807) is 24.3 Å². The highest BCUT2D eigenvalue weighted by molar-refractivity contribution is 6.33. The predicted octanol–water partition coefficient (Wildman–Crippen LogP) is 4.57. The van der Waals surface area contributed by atoms with Crippen molar-refractivity contribution >= 4 is 11.6 Å². The molecule has 0 saturated heterocycles. The summed E-state index contributed by atoms with van der Waals surface area (Å²) in [5, 5.41) is 13.7. The molecule has 2 aromatic carbocycles. The quantitative estimate of drug-likeness (QED) is 0.711. The van der Waals surface area contributed by atoms with Crippen LogP contribution in [0.3, 0.4) is 0 Å². The van der Waals surface area contributed by atoms with Crippen LogP contribution in [-0.2, 0) is 6.61 Å². The standard InChI is InChI=1S/C16H9ClF3NO2/c17-11-4-2-1-3-8(11)15-10(7-22)16(23-21-15)9-5-13(19)14(20)6-12(9)18/h1-6,22H,7H2. The number of rotatable bonds is 3. The first-order valence-electron chi connectivity index (χ1n) is 6.52. The van der Waals surface area contributed by atoms with Gasteiger partial charge in [-0.25, -0.2) is 13.2 Å². The number of hydrogen-bond acceptors (Lipinski definition) is 3. The van der Waals surface area contributed by atoms with Crippen LogP contribution >= 0.6 is 11.6 Å². The lowest BCUT2D eigenvalue weighted by Gasteiger charge is -2.04. The molecule has 0 bridgehead atoms. The predicted molar refractivity (Wildman–Crippen MR) is 78.2 cm³/mol. The fourth-order valence-corrected chi connectivity index (χ4v) is 2.45. The van der Waals surface area contributed by atoms with Crippen molar-refractivity contribution in [3.05, 3.63) is 64.4 Å². The van der Waals surface area contributed by atoms with Gasteiger partial charge in [0, 0.05) is 11.6 Å². The van der Waals surface area contributed by atoms with Gasteiger partial charge >= 0.3 is 0 Å². The molecule has 0 amide bonds. The minimum Gasteiger partial charge on any atom is -0.391 e. The first-order valence-corrected chi connectivity index (χ1v) is 6.90. The highest BCUT2D eigenvalue weighted by Gasteiger charge is 2.23. The number of halogens is 4. The summed E-state index contributed by atoms with van der Waals surface area (Å²) in [6.45, 7) is -0.544. The SMILES string of the molecule is OCc1c(-c2ccccc2Cl)noc1-c1cc(F)c(F)cc1F. The molecule has 0 fully saturated rings. The lowest BCUT2D eigenvalue weighted by Crippen LogP contribution is -1.94. The molecule has 3 nitrogen and oxygen atoms in total. The molecule has 23 heavy (non-hydrogen) atoms. The van der Waals surface area contributed by atoms with Gasteiger partial charge in [0.2, 0.25) is 0 Å². The van der Waals surface area contributed by atoms with Gasteiger partial charge in [0.15, 0.2) is 17.4 Å². The Morgan fingerprint density at radius 2 is 1.70 bits per heavy atom. The smallest absolute Gasteiger partial charge is 0.176 e. The Morgan fingerprint density at radius 1 is 1.00 bits per heavy atom. The molecule has 1 aromatic heterocycles. The van der Waals surface area contributed by atoms with Crippen molar-refractivity contribution in [2.24, 2.45) is 0 Å². The van der Waals surface area contributed by atoms with Crippen LogP contribution < -0.4 is 0 Å². The van der Waals surface area contributed by atoms with E-state index in [9.17, 15) is 18.3 Å². The van der Waals surface area contributed by atoms with Crippen molar-refractivity contribution in [2.75, 3.05) is 0 Å². The molecule has 0 aliphatic heterocycles. The maximum Gasteiger partial charge on any atom is 0.176 e. The summed E-state index contributed by atoms with van der Waals surface area (Å²) in [4.78, 5) is 0. The summed E-state index contributed by atoms with van der Waals surface area (Å²) in [5.74, 6) is -3.76. The third-order valence-electron chi connectivity index (χ3n) is 3.33. The number of aliphatic hydroxyl groups is 1. The number of benzene rings is 2. The van der Waals surface area contributed by atoms with E-state index in [4.69, 9.17) is 16.1 Å². The molecule has 118 valence electrons. The van der Waals surface area contributed by atoms with E-state index in [1.165, 1.54) is 0 Å². The van der Waals surface area contributed by atoms with Gasteiger partial charge in [-0.3, -0.25) is 0 Å². The summed E-state index contributed by atoms with van der Waals surface area (Å²) in [7, 11) is 0. The number of aliphatic hydroxyl groups excluding tert-OH is 1. The Bertz CT molecular complexity index is 880. The van der Waals surface area contributed by atoms with Gasteiger partial charge in [-0.2, -0.15) is 0 Å². The Labute approximate surface area is 133 Å². The Kier molecular flexibility index (Phi) is 4.11. The summed E-state index contributed by atoms with van der Waals surface area (Å²) in [5.41, 5.74) is 0.468. The second-order valence-corrected chi connectivity index (χ2v) is 5.13. The highest BCUT2D eigenvalue weighted by Crippen LogP contribution is 2.36. The lowest BCUT2D eigenvalue weighted by atomic mass is 10.0. The normalized spacial score (nSPS) is 11.0. The molecule has 0 unspecified atom stereocenters. The van der Waals surface area contributed by atoms with Gasteiger partial charge in [0.1, 0.15) is 11.5 Å². The largest absolute Gasteiger partial charge is 0.391 e. The van der Waals surface area contributed by atoms with Crippen LogP contribution in [0.4, 0.5) is 13.2 Å². The topological polar surface area (TPSA) is 46.3 Å². The monoisotopic (exact) mass is 339 g/mol. The van der Waals surface area contributed by atoms with E-state index < -0.39 is 24.1 Å². The van der Waals surface area contributed by atoms with Crippen LogP contribution in [0.25, 0.3) is 22.6 Å². The summed E-state index contributed by atoms with van der Waals surface area (Å²) in [6, 6.07) is 7.73. The molecule has 1 N–H and O–H groups in total. The van der Waals surface area contributed by atoms with Gasteiger partial charge < -0.3 is 9.63 Å². The molecule has 0 radical (unpaired) electrons. The average molecular weight is 340 g/mol. The minimum absolute atomic E-state index is 0.128. The summed E-state index contributed by atoms with van der Waals surface area (Å²) < 4.78 is 45.4. The zero-order valence-corrected chi connectivity index (χ0v) is 12.2. The summed E-state index contributed by atoms with van der Waals surface area (Å²) in [6.07, 6.45) is 0. The maximum atomic E-state index is 13.9. The van der Waals surface area contributed by atoms with E-state index in [-0.39, 0.29) is 22.6 Å². The summed E-state index contributed by atoms with van der Waals surface area (Å²) >= 11 is 6.07. The molecule has 0 spiro atoms. The molecule has 1 heterocycles. The van der Waals surface area contributed by atoms with Crippen LogP contribution in [0.15, 0.2) is 40.9 Å². The second kappa shape index (κ2) is 6.06. The Balaban J connectivity index is 2.20. The molecule has 3 aromatic rings. The molecule has 3 rings (SSSR count). The first kappa shape index (κ1) is 15.6.